The minimum atomic E-state index is -2.27. The number of carboxylic acid groups (broad SMARTS) is 1. The third-order valence-electron chi connectivity index (χ3n) is 15.5. The predicted octanol–water partition coefficient (Wildman–Crippen LogP) is -1.66. The molecular formula is C58H75N9O21. The summed E-state index contributed by atoms with van der Waals surface area (Å²) in [5.41, 5.74) is 0.490. The fourth-order valence-corrected chi connectivity index (χ4v) is 10.8. The summed E-state index contributed by atoms with van der Waals surface area (Å²) >= 11 is 0. The number of methoxy groups -OCH3 is 1. The number of carbonyl (C=O) groups excluding carboxylic acids is 11. The first-order valence-electron chi connectivity index (χ1n) is 28.5. The van der Waals surface area contributed by atoms with Gasteiger partial charge in [0.2, 0.25) is 47.1 Å². The number of nitrogens with two attached hydrogens (primary N) is 1. The van der Waals surface area contributed by atoms with Gasteiger partial charge in [-0.25, -0.2) is 0 Å². The monoisotopic (exact) mass is 1230 g/mol. The Morgan fingerprint density at radius 2 is 1.41 bits per heavy atom. The van der Waals surface area contributed by atoms with E-state index in [1.54, 1.807) is 13.8 Å². The molecule has 2 unspecified atom stereocenters. The highest BCUT2D eigenvalue weighted by molar-refractivity contribution is 6.31. The zero-order chi connectivity index (χ0) is 65.2. The van der Waals surface area contributed by atoms with Crippen molar-refractivity contribution in [2.24, 2.45) is 11.7 Å². The molecule has 1 fully saturated rings. The van der Waals surface area contributed by atoms with Crippen molar-refractivity contribution in [3.63, 3.8) is 0 Å². The summed E-state index contributed by atoms with van der Waals surface area (Å²) in [6.45, 7) is 6.46. The standard InChI is InChI=1S/C58H75N9O21/c1-25(2)19-33(66-57(84)34(20-38(60)69)65-54(81)27(4)61-53(80)26(3)62-55(82)31(14-17-42(73)74)63-39(70)13-8-7-9-18-67-40(71)15-16-41(67)72)56(83)64-32-21-43(87-28(5)48(32)75)88-36-23-58(85,37(59)24-68)22-30-45(36)52(79)47-46(50(30)77)49(76)29-11-10-12-35(86-6)44(29)51(47)78/h10-12,15-16,25-28,31-34,36,43,48,59,68,75,77,79,85H,7-9,13-14,17-24H2,1-6H3,(H2,60,69)(H,61,80)(H,62,82)(H,63,70)(H,64,83)(H,65,81)(H,66,84)(H,73,74)/t26-,27-,28+,31?,32+,33?,34-,36+,43+,48-,58+/m1/s1. The second-order valence-corrected chi connectivity index (χ2v) is 22.6. The van der Waals surface area contributed by atoms with Crippen LogP contribution in [-0.2, 0) is 63.8 Å². The number of primary amides is 1. The highest BCUT2D eigenvalue weighted by Gasteiger charge is 2.50. The number of aliphatic hydroxyl groups excluding tert-OH is 2. The number of hydrogen-bond donors (Lipinski definition) is 14. The third kappa shape index (κ3) is 16.1. The van der Waals surface area contributed by atoms with Gasteiger partial charge >= 0.3 is 5.97 Å². The Bertz CT molecular complexity index is 3150. The maximum atomic E-state index is 14.3. The molecule has 30 heteroatoms. The number of unbranched alkanes of at least 4 members (excludes halogenated alkanes) is 2. The number of carboxylic acids is 1. The van der Waals surface area contributed by atoms with Gasteiger partial charge in [0.1, 0.15) is 59.2 Å². The fourth-order valence-electron chi connectivity index (χ4n) is 10.8. The van der Waals surface area contributed by atoms with E-state index in [-0.39, 0.29) is 66.1 Å². The molecule has 2 aromatic rings. The number of nitrogens with zero attached hydrogens (tertiary/aromatic N) is 1. The van der Waals surface area contributed by atoms with Crippen LogP contribution in [0.2, 0.25) is 0 Å². The summed E-state index contributed by atoms with van der Waals surface area (Å²) in [6.07, 6.45) is -5.68. The van der Waals surface area contributed by atoms with Gasteiger partial charge in [-0.1, -0.05) is 32.4 Å². The van der Waals surface area contributed by atoms with E-state index in [0.29, 0.717) is 19.3 Å². The first-order chi connectivity index (χ1) is 41.4. The van der Waals surface area contributed by atoms with E-state index < -0.39 is 198 Å². The van der Waals surface area contributed by atoms with Crippen LogP contribution < -0.4 is 42.4 Å². The third-order valence-corrected chi connectivity index (χ3v) is 15.5. The number of carbonyl (C=O) groups is 12. The Labute approximate surface area is 504 Å². The lowest BCUT2D eigenvalue weighted by atomic mass is 9.71. The number of phenols is 2. The molecular weight excluding hydrogens is 1160 g/mol. The van der Waals surface area contributed by atoms with Crippen LogP contribution in [0.4, 0.5) is 0 Å². The van der Waals surface area contributed by atoms with Crippen LogP contribution in [0.3, 0.4) is 0 Å². The molecule has 9 amide bonds. The quantitative estimate of drug-likeness (QED) is 0.0160. The van der Waals surface area contributed by atoms with E-state index in [4.69, 9.17) is 25.4 Å². The highest BCUT2D eigenvalue weighted by atomic mass is 16.7. The summed E-state index contributed by atoms with van der Waals surface area (Å²) in [4.78, 5) is 158. The van der Waals surface area contributed by atoms with Gasteiger partial charge in [0.25, 0.3) is 11.8 Å². The molecule has 30 nitrogen and oxygen atoms in total. The average Bonchev–Trinajstić information content (AvgIpc) is 0.811. The van der Waals surface area contributed by atoms with E-state index in [1.165, 1.54) is 46.1 Å². The van der Waals surface area contributed by atoms with Crippen LogP contribution in [0.5, 0.6) is 17.2 Å². The Morgan fingerprint density at radius 3 is 2.02 bits per heavy atom. The van der Waals surface area contributed by atoms with Crippen molar-refractivity contribution in [1.82, 2.24) is 36.8 Å². The molecule has 6 rings (SSSR count). The summed E-state index contributed by atoms with van der Waals surface area (Å²) in [5, 5.41) is 89.6. The van der Waals surface area contributed by atoms with Gasteiger partial charge in [-0.15, -0.1) is 0 Å². The molecule has 1 saturated heterocycles. The average molecular weight is 1230 g/mol. The maximum Gasteiger partial charge on any atom is 0.303 e. The molecule has 11 atom stereocenters. The van der Waals surface area contributed by atoms with Gasteiger partial charge < -0.3 is 87.9 Å². The molecule has 0 bridgehead atoms. The van der Waals surface area contributed by atoms with Crippen molar-refractivity contribution in [3.8, 4) is 17.2 Å². The molecule has 0 radical (unpaired) electrons. The van der Waals surface area contributed by atoms with Gasteiger partial charge in [-0.05, 0) is 58.4 Å². The molecule has 0 spiro atoms. The fraction of sp³-hybridized carbons (Fsp3) is 0.534. The number of imide groups is 1. The molecule has 0 saturated carbocycles. The number of nitrogens with one attached hydrogen (secondary N) is 7. The number of rotatable bonds is 29. The van der Waals surface area contributed by atoms with Gasteiger partial charge in [0.15, 0.2) is 12.1 Å². The lowest BCUT2D eigenvalue weighted by molar-refractivity contribution is -0.248. The van der Waals surface area contributed by atoms with Crippen LogP contribution in [0.15, 0.2) is 30.4 Å². The van der Waals surface area contributed by atoms with Crippen LogP contribution in [-0.4, -0.2) is 193 Å². The van der Waals surface area contributed by atoms with Crippen molar-refractivity contribution >= 4 is 76.4 Å². The summed E-state index contributed by atoms with van der Waals surface area (Å²) in [6, 6.07) is -4.51. The Balaban J connectivity index is 1.10. The van der Waals surface area contributed by atoms with Crippen molar-refractivity contribution < 1.29 is 102 Å². The number of ether oxygens (including phenoxy) is 3. The zero-order valence-corrected chi connectivity index (χ0v) is 49.3. The number of ketones is 2. The second kappa shape index (κ2) is 29.3. The molecule has 2 aliphatic heterocycles. The first kappa shape index (κ1) is 68.4. The molecule has 2 aliphatic carbocycles. The van der Waals surface area contributed by atoms with Crippen LogP contribution in [0.25, 0.3) is 0 Å². The molecule has 2 heterocycles. The molecule has 4 aliphatic rings. The minimum absolute atomic E-state index is 0.00290. The van der Waals surface area contributed by atoms with Crippen molar-refractivity contribution in [2.75, 3.05) is 20.3 Å². The molecule has 15 N–H and O–H groups in total. The number of aromatic hydroxyl groups is 2. The highest BCUT2D eigenvalue weighted by Crippen LogP contribution is 2.52. The Kier molecular flexibility index (Phi) is 22.8. The largest absolute Gasteiger partial charge is 0.507 e. The Morgan fingerprint density at radius 1 is 0.795 bits per heavy atom. The summed E-state index contributed by atoms with van der Waals surface area (Å²) in [5.74, 6) is -12.4. The Hall–Kier alpha value is -8.71. The van der Waals surface area contributed by atoms with E-state index >= 15 is 0 Å². The van der Waals surface area contributed by atoms with Gasteiger partial charge in [-0.3, -0.25) is 62.4 Å². The summed E-state index contributed by atoms with van der Waals surface area (Å²) < 4.78 is 17.7. The van der Waals surface area contributed by atoms with Crippen LogP contribution in [0.1, 0.15) is 148 Å². The van der Waals surface area contributed by atoms with Crippen LogP contribution in [0, 0.1) is 11.3 Å². The second-order valence-electron chi connectivity index (χ2n) is 22.6. The van der Waals surface area contributed by atoms with Gasteiger partial charge in [-0.2, -0.15) is 0 Å². The maximum absolute atomic E-state index is 14.3. The molecule has 88 heavy (non-hydrogen) atoms. The van der Waals surface area contributed by atoms with E-state index in [1.807, 2.05) is 0 Å². The first-order valence-corrected chi connectivity index (χ1v) is 28.5. The number of fused-ring (bicyclic) bond motifs is 3. The van der Waals surface area contributed by atoms with Crippen LogP contribution >= 0.6 is 0 Å². The number of phenolic OH excluding ortho intramolecular Hbond substituents is 2. The van der Waals surface area contributed by atoms with E-state index in [0.717, 1.165) is 17.1 Å². The number of aliphatic hydroxyl groups is 3. The van der Waals surface area contributed by atoms with Gasteiger partial charge in [0, 0.05) is 67.5 Å². The molecule has 478 valence electrons. The topological polar surface area (TPSA) is 479 Å². The minimum Gasteiger partial charge on any atom is -0.507 e. The van der Waals surface area contributed by atoms with Gasteiger partial charge in [0.05, 0.1) is 60.8 Å². The smallest absolute Gasteiger partial charge is 0.303 e. The number of benzene rings is 2. The predicted molar refractivity (Wildman–Crippen MR) is 304 cm³/mol. The lowest BCUT2D eigenvalue weighted by Gasteiger charge is -2.43. The number of amides is 9. The molecule has 0 aromatic heterocycles. The van der Waals surface area contributed by atoms with E-state index in [2.05, 4.69) is 31.9 Å². The van der Waals surface area contributed by atoms with Crippen molar-refractivity contribution in [1.29, 1.82) is 5.41 Å². The SMILES string of the molecule is COc1cccc2c1C(=O)c1c(O)c3c(c(O)c1C2=O)C[C@@](O)(C(=N)CO)C[C@@H]3O[C@H]1C[C@H](NC(=O)C(CC(C)C)NC(=O)[C@@H](CC(N)=O)NC(=O)[C@@H](C)NC(=O)[C@@H](C)NC(=O)C(CCC(=O)O)NC(=O)CCCCCN2C(=O)C=CC2=O)[C@H](O)[C@H](C)O1. The molecule has 2 aromatic carbocycles. The normalized spacial score (nSPS) is 22.0. The lowest BCUT2D eigenvalue weighted by Crippen LogP contribution is -2.61. The van der Waals surface area contributed by atoms with E-state index in [9.17, 15) is 88.2 Å². The number of aliphatic carboxylic acids is 1. The van der Waals surface area contributed by atoms with Crippen molar-refractivity contribution in [2.45, 2.75) is 172 Å². The zero-order valence-electron chi connectivity index (χ0n) is 49.3. The number of hydrogen-bond acceptors (Lipinski definition) is 21. The van der Waals surface area contributed by atoms with Crippen molar-refractivity contribution in [3.05, 3.63) is 63.7 Å². The summed E-state index contributed by atoms with van der Waals surface area (Å²) in [7, 11) is 1.27.